The van der Waals surface area contributed by atoms with E-state index < -0.39 is 21.8 Å². The third-order valence-corrected chi connectivity index (χ3v) is 7.09. The molecule has 0 radical (unpaired) electrons. The molecule has 2 fully saturated rings. The number of hydrogen-bond acceptors (Lipinski definition) is 4. The molecule has 0 spiro atoms. The summed E-state index contributed by atoms with van der Waals surface area (Å²) in [6.45, 7) is 0.632. The number of aromatic nitrogens is 3. The minimum atomic E-state index is -4.49. The normalized spacial score (nSPS) is 20.1. The molecule has 0 unspecified atom stereocenters. The summed E-state index contributed by atoms with van der Waals surface area (Å²) in [7, 11) is -3.81. The predicted octanol–water partition coefficient (Wildman–Crippen LogP) is 3.20. The molecule has 1 aliphatic carbocycles. The topological polar surface area (TPSA) is 68.1 Å². The summed E-state index contributed by atoms with van der Waals surface area (Å²) < 4.78 is 66.9. The Morgan fingerprint density at radius 3 is 2.19 bits per heavy atom. The molecule has 0 N–H and O–H groups in total. The Morgan fingerprint density at radius 2 is 1.63 bits per heavy atom. The maximum atomic E-state index is 12.7. The Hall–Kier alpha value is -1.94. The standard InChI is InChI=1S/C17H19F3N4O2S/c18-17(19,20)13-3-5-15(6-4-13)27(25,26)23-9-7-14(8-10-23)24-11-21-22-16(24)12-1-2-12/h3-6,11-12,14H,1-2,7-10H2. The molecule has 1 aromatic carbocycles. The lowest BCUT2D eigenvalue weighted by molar-refractivity contribution is -0.137. The van der Waals surface area contributed by atoms with Crippen molar-refractivity contribution in [3.63, 3.8) is 0 Å². The van der Waals surface area contributed by atoms with Crippen molar-refractivity contribution in [1.29, 1.82) is 0 Å². The van der Waals surface area contributed by atoms with Crippen molar-refractivity contribution >= 4 is 10.0 Å². The van der Waals surface area contributed by atoms with E-state index in [1.807, 2.05) is 0 Å². The molecule has 4 rings (SSSR count). The second-order valence-corrected chi connectivity index (χ2v) is 8.97. The summed E-state index contributed by atoms with van der Waals surface area (Å²) >= 11 is 0. The van der Waals surface area contributed by atoms with E-state index >= 15 is 0 Å². The van der Waals surface area contributed by atoms with Crippen LogP contribution in [0.5, 0.6) is 0 Å². The highest BCUT2D eigenvalue weighted by molar-refractivity contribution is 7.89. The summed E-state index contributed by atoms with van der Waals surface area (Å²) in [5, 5.41) is 8.18. The van der Waals surface area contributed by atoms with Crippen LogP contribution < -0.4 is 0 Å². The average molecular weight is 400 g/mol. The zero-order valence-corrected chi connectivity index (χ0v) is 15.2. The van der Waals surface area contributed by atoms with Crippen molar-refractivity contribution in [3.8, 4) is 0 Å². The van der Waals surface area contributed by atoms with Crippen molar-refractivity contribution < 1.29 is 21.6 Å². The quantitative estimate of drug-likeness (QED) is 0.791. The Bertz CT molecular complexity index is 912. The Morgan fingerprint density at radius 1 is 1.00 bits per heavy atom. The zero-order chi connectivity index (χ0) is 19.2. The third-order valence-electron chi connectivity index (χ3n) is 5.18. The van der Waals surface area contributed by atoms with Crippen molar-refractivity contribution in [3.05, 3.63) is 42.0 Å². The number of piperidine rings is 1. The van der Waals surface area contributed by atoms with Crippen LogP contribution in [0.25, 0.3) is 0 Å². The van der Waals surface area contributed by atoms with Crippen LogP contribution in [-0.2, 0) is 16.2 Å². The van der Waals surface area contributed by atoms with Gasteiger partial charge in [0, 0.05) is 25.0 Å². The van der Waals surface area contributed by atoms with Gasteiger partial charge >= 0.3 is 6.18 Å². The maximum absolute atomic E-state index is 12.7. The highest BCUT2D eigenvalue weighted by Crippen LogP contribution is 2.40. The smallest absolute Gasteiger partial charge is 0.314 e. The summed E-state index contributed by atoms with van der Waals surface area (Å²) in [6, 6.07) is 3.80. The fraction of sp³-hybridized carbons (Fsp3) is 0.529. The molecule has 10 heteroatoms. The van der Waals surface area contributed by atoms with Gasteiger partial charge in [0.05, 0.1) is 10.5 Å². The van der Waals surface area contributed by atoms with E-state index in [0.717, 1.165) is 42.9 Å². The lowest BCUT2D eigenvalue weighted by atomic mass is 10.1. The Kier molecular flexibility index (Phi) is 4.50. The van der Waals surface area contributed by atoms with E-state index in [4.69, 9.17) is 0 Å². The molecule has 27 heavy (non-hydrogen) atoms. The molecule has 0 amide bonds. The van der Waals surface area contributed by atoms with Crippen molar-refractivity contribution in [2.45, 2.75) is 48.7 Å². The van der Waals surface area contributed by atoms with Gasteiger partial charge in [-0.15, -0.1) is 10.2 Å². The number of nitrogens with zero attached hydrogens (tertiary/aromatic N) is 4. The van der Waals surface area contributed by atoms with Gasteiger partial charge in [0.2, 0.25) is 10.0 Å². The first-order valence-electron chi connectivity index (χ1n) is 8.83. The molecule has 0 atom stereocenters. The highest BCUT2D eigenvalue weighted by Gasteiger charge is 2.35. The first-order chi connectivity index (χ1) is 12.8. The van der Waals surface area contributed by atoms with E-state index in [2.05, 4.69) is 14.8 Å². The van der Waals surface area contributed by atoms with Gasteiger partial charge < -0.3 is 4.57 Å². The van der Waals surface area contributed by atoms with Crippen LogP contribution in [0.15, 0.2) is 35.5 Å². The highest BCUT2D eigenvalue weighted by atomic mass is 32.2. The molecule has 0 bridgehead atoms. The second kappa shape index (κ2) is 6.59. The first-order valence-corrected chi connectivity index (χ1v) is 10.3. The van der Waals surface area contributed by atoms with Gasteiger partial charge in [-0.3, -0.25) is 0 Å². The molecule has 6 nitrogen and oxygen atoms in total. The fourth-order valence-corrected chi connectivity index (χ4v) is 4.96. The molecule has 2 aliphatic rings. The molecule has 146 valence electrons. The number of halogens is 3. The van der Waals surface area contributed by atoms with Gasteiger partial charge in [-0.25, -0.2) is 8.42 Å². The van der Waals surface area contributed by atoms with Gasteiger partial charge in [0.25, 0.3) is 0 Å². The van der Waals surface area contributed by atoms with E-state index in [1.165, 1.54) is 4.31 Å². The van der Waals surface area contributed by atoms with Crippen LogP contribution in [0.1, 0.15) is 49.0 Å². The van der Waals surface area contributed by atoms with Crippen molar-refractivity contribution in [2.75, 3.05) is 13.1 Å². The molecule has 2 heterocycles. The summed E-state index contributed by atoms with van der Waals surface area (Å²) in [6.07, 6.45) is 0.687. The summed E-state index contributed by atoms with van der Waals surface area (Å²) in [5.74, 6) is 1.43. The molecule has 1 aromatic heterocycles. The first kappa shape index (κ1) is 18.4. The fourth-order valence-electron chi connectivity index (χ4n) is 3.49. The van der Waals surface area contributed by atoms with E-state index in [1.54, 1.807) is 6.33 Å². The van der Waals surface area contributed by atoms with Crippen LogP contribution in [0, 0.1) is 0 Å². The largest absolute Gasteiger partial charge is 0.416 e. The van der Waals surface area contributed by atoms with E-state index in [9.17, 15) is 21.6 Å². The lowest BCUT2D eigenvalue weighted by Gasteiger charge is -2.32. The van der Waals surface area contributed by atoms with Crippen LogP contribution in [0.4, 0.5) is 13.2 Å². The van der Waals surface area contributed by atoms with E-state index in [-0.39, 0.29) is 10.9 Å². The average Bonchev–Trinajstić information content (AvgIpc) is 3.38. The minimum absolute atomic E-state index is 0.114. The van der Waals surface area contributed by atoms with Gasteiger partial charge in [-0.1, -0.05) is 0 Å². The molecule has 1 saturated carbocycles. The van der Waals surface area contributed by atoms with Crippen LogP contribution in [0.2, 0.25) is 0 Å². The van der Waals surface area contributed by atoms with Gasteiger partial charge in [0.1, 0.15) is 12.2 Å². The van der Waals surface area contributed by atoms with Crippen molar-refractivity contribution in [2.24, 2.45) is 0 Å². The maximum Gasteiger partial charge on any atom is 0.416 e. The summed E-state index contributed by atoms with van der Waals surface area (Å²) in [5.41, 5.74) is -0.861. The lowest BCUT2D eigenvalue weighted by Crippen LogP contribution is -2.39. The zero-order valence-electron chi connectivity index (χ0n) is 14.4. The predicted molar refractivity (Wildman–Crippen MR) is 90.5 cm³/mol. The van der Waals surface area contributed by atoms with Crippen molar-refractivity contribution in [1.82, 2.24) is 19.1 Å². The number of alkyl halides is 3. The molecular weight excluding hydrogens is 381 g/mol. The molecule has 1 aliphatic heterocycles. The number of rotatable bonds is 4. The minimum Gasteiger partial charge on any atom is -0.314 e. The van der Waals surface area contributed by atoms with Gasteiger partial charge in [0.15, 0.2) is 0 Å². The van der Waals surface area contributed by atoms with Gasteiger partial charge in [-0.2, -0.15) is 17.5 Å². The van der Waals surface area contributed by atoms with Crippen LogP contribution in [-0.4, -0.2) is 40.6 Å². The third kappa shape index (κ3) is 3.60. The van der Waals surface area contributed by atoms with Crippen LogP contribution >= 0.6 is 0 Å². The SMILES string of the molecule is O=S(=O)(c1ccc(C(F)(F)F)cc1)N1CCC(n2cnnc2C2CC2)CC1. The number of sulfonamides is 1. The summed E-state index contributed by atoms with van der Waals surface area (Å²) in [4.78, 5) is -0.114. The van der Waals surface area contributed by atoms with E-state index in [0.29, 0.717) is 31.8 Å². The Balaban J connectivity index is 1.46. The number of benzene rings is 1. The second-order valence-electron chi connectivity index (χ2n) is 7.03. The Labute approximate surface area is 155 Å². The molecule has 2 aromatic rings. The van der Waals surface area contributed by atoms with Crippen LogP contribution in [0.3, 0.4) is 0 Å². The van der Waals surface area contributed by atoms with Gasteiger partial charge in [-0.05, 0) is 49.9 Å². The number of hydrogen-bond donors (Lipinski definition) is 0. The molecular formula is C17H19F3N4O2S. The molecule has 1 saturated heterocycles. The monoisotopic (exact) mass is 400 g/mol.